The first kappa shape index (κ1) is 8.47. The van der Waals surface area contributed by atoms with Gasteiger partial charge >= 0.3 is 0 Å². The van der Waals surface area contributed by atoms with Crippen molar-refractivity contribution in [3.63, 3.8) is 0 Å². The van der Waals surface area contributed by atoms with Gasteiger partial charge in [0.15, 0.2) is 0 Å². The number of benzene rings is 1. The molecule has 0 saturated heterocycles. The van der Waals surface area contributed by atoms with E-state index in [-0.39, 0.29) is 5.82 Å². The van der Waals surface area contributed by atoms with Crippen molar-refractivity contribution < 1.29 is 9.13 Å². The summed E-state index contributed by atoms with van der Waals surface area (Å²) in [6.45, 7) is 1.28. The molecule has 0 N–H and O–H groups in total. The van der Waals surface area contributed by atoms with Crippen LogP contribution in [0.25, 0.3) is 11.4 Å². The van der Waals surface area contributed by atoms with Gasteiger partial charge in [-0.3, -0.25) is 0 Å². The third-order valence-electron chi connectivity index (χ3n) is 2.49. The largest absolute Gasteiger partial charge is 0.491 e. The fraction of sp³-hybridized carbons (Fsp3) is 0.182. The lowest BCUT2D eigenvalue weighted by Gasteiger charge is -2.05. The van der Waals surface area contributed by atoms with Crippen LogP contribution in [0.5, 0.6) is 5.75 Å². The van der Waals surface area contributed by atoms with Crippen molar-refractivity contribution in [2.45, 2.75) is 6.54 Å². The number of halogens is 1. The molecule has 1 aromatic heterocycles. The van der Waals surface area contributed by atoms with Crippen LogP contribution < -0.4 is 4.74 Å². The average molecular weight is 204 g/mol. The molecule has 4 heteroatoms. The van der Waals surface area contributed by atoms with Crippen molar-refractivity contribution in [3.05, 3.63) is 36.4 Å². The summed E-state index contributed by atoms with van der Waals surface area (Å²) in [5.74, 6) is 1.12. The quantitative estimate of drug-likeness (QED) is 0.657. The maximum Gasteiger partial charge on any atom is 0.143 e. The molecule has 0 saturated carbocycles. The highest BCUT2D eigenvalue weighted by molar-refractivity contribution is 5.65. The Bertz CT molecular complexity index is 507. The zero-order valence-electron chi connectivity index (χ0n) is 7.98. The summed E-state index contributed by atoms with van der Waals surface area (Å²) in [5, 5.41) is 0. The first-order valence-electron chi connectivity index (χ1n) is 4.78. The molecule has 2 heterocycles. The Kier molecular flexibility index (Phi) is 1.74. The maximum absolute atomic E-state index is 13.0. The minimum Gasteiger partial charge on any atom is -0.491 e. The number of ether oxygens (including phenoxy) is 1. The van der Waals surface area contributed by atoms with Gasteiger partial charge in [-0.2, -0.15) is 0 Å². The molecule has 1 aliphatic heterocycles. The van der Waals surface area contributed by atoms with Crippen LogP contribution in [0.4, 0.5) is 4.39 Å². The molecule has 1 aliphatic rings. The second-order valence-electron chi connectivity index (χ2n) is 3.43. The molecule has 3 nitrogen and oxygen atoms in total. The van der Waals surface area contributed by atoms with Crippen LogP contribution in [0.15, 0.2) is 30.6 Å². The van der Waals surface area contributed by atoms with Crippen molar-refractivity contribution in [2.75, 3.05) is 6.61 Å². The van der Waals surface area contributed by atoms with Crippen LogP contribution in [0.2, 0.25) is 0 Å². The number of aromatic nitrogens is 2. The number of imidazole rings is 1. The predicted molar refractivity (Wildman–Crippen MR) is 53.1 cm³/mol. The smallest absolute Gasteiger partial charge is 0.143 e. The Labute approximate surface area is 86.1 Å². The van der Waals surface area contributed by atoms with E-state index in [1.165, 1.54) is 12.1 Å². The van der Waals surface area contributed by atoms with E-state index in [1.54, 1.807) is 12.3 Å². The Morgan fingerprint density at radius 2 is 2.33 bits per heavy atom. The highest BCUT2D eigenvalue weighted by Crippen LogP contribution is 2.31. The van der Waals surface area contributed by atoms with E-state index < -0.39 is 0 Å². The van der Waals surface area contributed by atoms with Crippen molar-refractivity contribution in [2.24, 2.45) is 0 Å². The van der Waals surface area contributed by atoms with E-state index in [9.17, 15) is 4.39 Å². The molecule has 0 bridgehead atoms. The van der Waals surface area contributed by atoms with E-state index in [2.05, 4.69) is 4.98 Å². The third-order valence-corrected chi connectivity index (χ3v) is 2.49. The van der Waals surface area contributed by atoms with Crippen LogP contribution in [0, 0.1) is 5.82 Å². The molecule has 0 aliphatic carbocycles. The lowest BCUT2D eigenvalue weighted by Crippen LogP contribution is -2.04. The molecule has 3 rings (SSSR count). The third kappa shape index (κ3) is 1.29. The van der Waals surface area contributed by atoms with Gasteiger partial charge in [-0.1, -0.05) is 0 Å². The van der Waals surface area contributed by atoms with E-state index >= 15 is 0 Å². The molecule has 15 heavy (non-hydrogen) atoms. The van der Waals surface area contributed by atoms with Gasteiger partial charge in [0.1, 0.15) is 24.0 Å². The maximum atomic E-state index is 13.0. The predicted octanol–water partition coefficient (Wildman–Crippen LogP) is 2.08. The SMILES string of the molecule is Fc1ccc2c(c1)OCCn1ccnc1-2. The number of fused-ring (bicyclic) bond motifs is 3. The zero-order valence-corrected chi connectivity index (χ0v) is 7.98. The fourth-order valence-electron chi connectivity index (χ4n) is 1.79. The number of rotatable bonds is 0. The van der Waals surface area contributed by atoms with Crippen LogP contribution in [0.1, 0.15) is 0 Å². The van der Waals surface area contributed by atoms with E-state index in [0.717, 1.165) is 17.9 Å². The summed E-state index contributed by atoms with van der Waals surface area (Å²) >= 11 is 0. The second-order valence-corrected chi connectivity index (χ2v) is 3.43. The van der Waals surface area contributed by atoms with Crippen molar-refractivity contribution in [1.29, 1.82) is 0 Å². The molecule has 1 aromatic carbocycles. The van der Waals surface area contributed by atoms with Crippen molar-refractivity contribution in [3.8, 4) is 17.1 Å². The van der Waals surface area contributed by atoms with Gasteiger partial charge in [0.05, 0.1) is 12.1 Å². The Morgan fingerprint density at radius 3 is 3.27 bits per heavy atom. The van der Waals surface area contributed by atoms with E-state index in [0.29, 0.717) is 12.4 Å². The number of hydrogen-bond donors (Lipinski definition) is 0. The topological polar surface area (TPSA) is 27.1 Å². The normalized spacial score (nSPS) is 13.7. The minimum atomic E-state index is -0.284. The van der Waals surface area contributed by atoms with E-state index in [4.69, 9.17) is 4.74 Å². The molecular weight excluding hydrogens is 195 g/mol. The van der Waals surface area contributed by atoms with Gasteiger partial charge in [0.2, 0.25) is 0 Å². The summed E-state index contributed by atoms with van der Waals surface area (Å²) in [4.78, 5) is 4.25. The van der Waals surface area contributed by atoms with Crippen LogP contribution in [-0.4, -0.2) is 16.2 Å². The van der Waals surface area contributed by atoms with Crippen molar-refractivity contribution >= 4 is 0 Å². The average Bonchev–Trinajstić information content (AvgIpc) is 2.61. The molecule has 0 radical (unpaired) electrons. The standard InChI is InChI=1S/C11H9FN2O/c12-8-1-2-9-10(7-8)15-6-5-14-4-3-13-11(9)14/h1-4,7H,5-6H2. The first-order chi connectivity index (χ1) is 7.34. The zero-order chi connectivity index (χ0) is 10.3. The highest BCUT2D eigenvalue weighted by Gasteiger charge is 2.16. The molecule has 0 amide bonds. The number of hydrogen-bond acceptors (Lipinski definition) is 2. The lowest BCUT2D eigenvalue weighted by atomic mass is 10.2. The summed E-state index contributed by atoms with van der Waals surface area (Å²) < 4.78 is 20.5. The molecule has 0 spiro atoms. The second kappa shape index (κ2) is 3.08. The summed E-state index contributed by atoms with van der Waals surface area (Å²) in [6, 6.07) is 4.53. The Hall–Kier alpha value is -1.84. The molecule has 0 atom stereocenters. The van der Waals surface area contributed by atoms with Crippen LogP contribution >= 0.6 is 0 Å². The van der Waals surface area contributed by atoms with Gasteiger partial charge in [0, 0.05) is 18.5 Å². The summed E-state index contributed by atoms with van der Waals surface area (Å²) in [6.07, 6.45) is 3.64. The van der Waals surface area contributed by atoms with Gasteiger partial charge in [-0.05, 0) is 12.1 Å². The molecule has 2 aromatic rings. The molecular formula is C11H9FN2O. The monoisotopic (exact) mass is 204 g/mol. The van der Waals surface area contributed by atoms with Crippen LogP contribution in [-0.2, 0) is 6.54 Å². The fourth-order valence-corrected chi connectivity index (χ4v) is 1.79. The summed E-state index contributed by atoms with van der Waals surface area (Å²) in [7, 11) is 0. The molecule has 76 valence electrons. The van der Waals surface area contributed by atoms with Gasteiger partial charge in [0.25, 0.3) is 0 Å². The summed E-state index contributed by atoms with van der Waals surface area (Å²) in [5.41, 5.74) is 0.846. The van der Waals surface area contributed by atoms with Gasteiger partial charge in [-0.15, -0.1) is 0 Å². The molecule has 0 fully saturated rings. The molecule has 0 unspecified atom stereocenters. The number of nitrogens with zero attached hydrogens (tertiary/aromatic N) is 2. The van der Waals surface area contributed by atoms with Gasteiger partial charge in [-0.25, -0.2) is 9.37 Å². The minimum absolute atomic E-state index is 0.284. The Balaban J connectivity index is 2.25. The van der Waals surface area contributed by atoms with Gasteiger partial charge < -0.3 is 9.30 Å². The highest BCUT2D eigenvalue weighted by atomic mass is 19.1. The van der Waals surface area contributed by atoms with Crippen LogP contribution in [0.3, 0.4) is 0 Å². The lowest BCUT2D eigenvalue weighted by molar-refractivity contribution is 0.305. The first-order valence-corrected chi connectivity index (χ1v) is 4.78. The Morgan fingerprint density at radius 1 is 1.40 bits per heavy atom. The van der Waals surface area contributed by atoms with Crippen molar-refractivity contribution in [1.82, 2.24) is 9.55 Å². The van der Waals surface area contributed by atoms with E-state index in [1.807, 2.05) is 10.8 Å².